The molecule has 0 aliphatic carbocycles. The van der Waals surface area contributed by atoms with Crippen molar-refractivity contribution < 1.29 is 23.1 Å². The highest BCUT2D eigenvalue weighted by Crippen LogP contribution is 2.32. The molecule has 0 heterocycles. The van der Waals surface area contributed by atoms with E-state index >= 15 is 0 Å². The lowest BCUT2D eigenvalue weighted by Gasteiger charge is -2.31. The number of halogens is 1. The minimum Gasteiger partial charge on any atom is -0.480 e. The van der Waals surface area contributed by atoms with Gasteiger partial charge >= 0.3 is 5.97 Å². The molecule has 0 radical (unpaired) electrons. The number of hydrogen-bond acceptors (Lipinski definition) is 4. The van der Waals surface area contributed by atoms with Crippen molar-refractivity contribution in [2.75, 3.05) is 0 Å². The number of amides is 1. The first-order valence-electron chi connectivity index (χ1n) is 11.4. The van der Waals surface area contributed by atoms with E-state index in [1.807, 2.05) is 37.3 Å². The van der Waals surface area contributed by atoms with Crippen molar-refractivity contribution in [2.45, 2.75) is 50.2 Å². The van der Waals surface area contributed by atoms with Gasteiger partial charge in [-0.25, -0.2) is 13.2 Å². The first-order chi connectivity index (χ1) is 17.0. The van der Waals surface area contributed by atoms with Gasteiger partial charge in [-0.3, -0.25) is 4.79 Å². The van der Waals surface area contributed by atoms with Gasteiger partial charge in [-0.2, -0.15) is 4.31 Å². The SMILES string of the molecule is CCC(c1ccccc1)N(Cc1ccc(C(=O)NC(C)(C)C(=O)O)cc1)S(=O)(=O)c1ccc(Cl)cc1. The summed E-state index contributed by atoms with van der Waals surface area (Å²) in [6.07, 6.45) is 0.543. The molecule has 1 amide bonds. The zero-order valence-electron chi connectivity index (χ0n) is 20.3. The van der Waals surface area contributed by atoms with E-state index in [4.69, 9.17) is 11.6 Å². The Balaban J connectivity index is 1.95. The third kappa shape index (κ3) is 6.32. The zero-order valence-corrected chi connectivity index (χ0v) is 21.9. The lowest BCUT2D eigenvalue weighted by molar-refractivity contribution is -0.143. The van der Waals surface area contributed by atoms with Crippen molar-refractivity contribution in [3.05, 3.63) is 101 Å². The molecule has 3 rings (SSSR count). The van der Waals surface area contributed by atoms with Crippen LogP contribution in [0.1, 0.15) is 54.7 Å². The summed E-state index contributed by atoms with van der Waals surface area (Å²) < 4.78 is 29.0. The van der Waals surface area contributed by atoms with Crippen LogP contribution in [0.15, 0.2) is 83.8 Å². The van der Waals surface area contributed by atoms with E-state index in [-0.39, 0.29) is 17.0 Å². The van der Waals surface area contributed by atoms with Gasteiger partial charge in [0.1, 0.15) is 5.54 Å². The van der Waals surface area contributed by atoms with Gasteiger partial charge in [-0.1, -0.05) is 61.0 Å². The molecule has 190 valence electrons. The number of hydrogen-bond donors (Lipinski definition) is 2. The molecule has 3 aromatic rings. The largest absolute Gasteiger partial charge is 0.480 e. The number of rotatable bonds is 10. The summed E-state index contributed by atoms with van der Waals surface area (Å²) in [5.41, 5.74) is 0.388. The van der Waals surface area contributed by atoms with Crippen molar-refractivity contribution in [3.63, 3.8) is 0 Å². The summed E-state index contributed by atoms with van der Waals surface area (Å²) in [5, 5.41) is 12.2. The second-order valence-electron chi connectivity index (χ2n) is 8.92. The monoisotopic (exact) mass is 528 g/mol. The van der Waals surface area contributed by atoms with E-state index in [9.17, 15) is 23.1 Å². The van der Waals surface area contributed by atoms with Crippen molar-refractivity contribution >= 4 is 33.5 Å². The van der Waals surface area contributed by atoms with Crippen LogP contribution in [0.2, 0.25) is 5.02 Å². The lowest BCUT2D eigenvalue weighted by Crippen LogP contribution is -2.49. The zero-order chi connectivity index (χ0) is 26.5. The van der Waals surface area contributed by atoms with Gasteiger partial charge < -0.3 is 10.4 Å². The molecule has 7 nitrogen and oxygen atoms in total. The standard InChI is InChI=1S/C27H29ClN2O5S/c1-4-24(20-8-6-5-7-9-20)30(36(34,35)23-16-14-22(28)15-17-23)18-19-10-12-21(13-11-19)25(31)29-27(2,3)26(32)33/h5-17,24H,4,18H2,1-3H3,(H,29,31)(H,32,33). The predicted octanol–water partition coefficient (Wildman–Crippen LogP) is 5.28. The van der Waals surface area contributed by atoms with Crippen LogP contribution in [0.25, 0.3) is 0 Å². The highest BCUT2D eigenvalue weighted by atomic mass is 35.5. The lowest BCUT2D eigenvalue weighted by atomic mass is 10.0. The van der Waals surface area contributed by atoms with Crippen molar-refractivity contribution in [3.8, 4) is 0 Å². The van der Waals surface area contributed by atoms with Gasteiger partial charge in [-0.15, -0.1) is 0 Å². The fraction of sp³-hybridized carbons (Fsp3) is 0.259. The molecule has 0 bridgehead atoms. The number of carbonyl (C=O) groups is 2. The van der Waals surface area contributed by atoms with Gasteiger partial charge in [0.15, 0.2) is 0 Å². The minimum atomic E-state index is -3.91. The van der Waals surface area contributed by atoms with E-state index in [0.29, 0.717) is 17.0 Å². The molecule has 2 N–H and O–H groups in total. The molecule has 9 heteroatoms. The highest BCUT2D eigenvalue weighted by molar-refractivity contribution is 7.89. The maximum atomic E-state index is 13.8. The Kier molecular flexibility index (Phi) is 8.55. The van der Waals surface area contributed by atoms with E-state index < -0.39 is 33.5 Å². The molecule has 0 fully saturated rings. The molecule has 1 atom stereocenters. The topological polar surface area (TPSA) is 104 Å². The molecule has 1 unspecified atom stereocenters. The van der Waals surface area contributed by atoms with Crippen LogP contribution in [0.3, 0.4) is 0 Å². The molecular weight excluding hydrogens is 500 g/mol. The molecule has 0 saturated heterocycles. The summed E-state index contributed by atoms with van der Waals surface area (Å²) in [5.74, 6) is -1.68. The molecule has 0 spiro atoms. The van der Waals surface area contributed by atoms with Crippen LogP contribution >= 0.6 is 11.6 Å². The van der Waals surface area contributed by atoms with E-state index in [2.05, 4.69) is 5.32 Å². The second kappa shape index (κ2) is 11.2. The second-order valence-corrected chi connectivity index (χ2v) is 11.2. The summed E-state index contributed by atoms with van der Waals surface area (Å²) in [6, 6.07) is 21.5. The molecule has 0 aliphatic heterocycles. The Morgan fingerprint density at radius 1 is 0.972 bits per heavy atom. The number of sulfonamides is 1. The van der Waals surface area contributed by atoms with Crippen molar-refractivity contribution in [2.24, 2.45) is 0 Å². The number of carbonyl (C=O) groups excluding carboxylic acids is 1. The predicted molar refractivity (Wildman–Crippen MR) is 139 cm³/mol. The highest BCUT2D eigenvalue weighted by Gasteiger charge is 2.32. The Labute approximate surface area is 216 Å². The Bertz CT molecular complexity index is 1310. The van der Waals surface area contributed by atoms with Gasteiger partial charge in [0, 0.05) is 17.1 Å². The van der Waals surface area contributed by atoms with Crippen LogP contribution < -0.4 is 5.32 Å². The summed E-state index contributed by atoms with van der Waals surface area (Å²) in [7, 11) is -3.91. The molecule has 0 aliphatic rings. The maximum absolute atomic E-state index is 13.8. The number of nitrogens with zero attached hydrogens (tertiary/aromatic N) is 1. The van der Waals surface area contributed by atoms with Gasteiger partial charge in [0.2, 0.25) is 10.0 Å². The maximum Gasteiger partial charge on any atom is 0.328 e. The fourth-order valence-corrected chi connectivity index (χ4v) is 5.54. The van der Waals surface area contributed by atoms with E-state index in [0.717, 1.165) is 5.56 Å². The van der Waals surface area contributed by atoms with Crippen molar-refractivity contribution in [1.82, 2.24) is 9.62 Å². The van der Waals surface area contributed by atoms with E-state index in [1.54, 1.807) is 36.4 Å². The Hall–Kier alpha value is -3.20. The number of nitrogens with one attached hydrogen (secondary N) is 1. The molecule has 36 heavy (non-hydrogen) atoms. The van der Waals surface area contributed by atoms with Gasteiger partial charge in [-0.05, 0) is 67.8 Å². The number of carboxylic acids is 1. The average Bonchev–Trinajstić information content (AvgIpc) is 2.85. The fourth-order valence-electron chi connectivity index (χ4n) is 3.74. The molecule has 0 saturated carbocycles. The van der Waals surface area contributed by atoms with Gasteiger partial charge in [0.25, 0.3) is 5.91 Å². The molecular formula is C27H29ClN2O5S. The Morgan fingerprint density at radius 2 is 1.56 bits per heavy atom. The number of carboxylic acid groups (broad SMARTS) is 1. The van der Waals surface area contributed by atoms with Crippen LogP contribution in [0, 0.1) is 0 Å². The minimum absolute atomic E-state index is 0.0703. The first kappa shape index (κ1) is 27.4. The quantitative estimate of drug-likeness (QED) is 0.373. The summed E-state index contributed by atoms with van der Waals surface area (Å²) >= 11 is 5.98. The van der Waals surface area contributed by atoms with Crippen LogP contribution in [-0.4, -0.2) is 35.2 Å². The molecule has 0 aromatic heterocycles. The van der Waals surface area contributed by atoms with E-state index in [1.165, 1.54) is 30.3 Å². The number of aliphatic carboxylic acids is 1. The number of benzene rings is 3. The summed E-state index contributed by atoms with van der Waals surface area (Å²) in [4.78, 5) is 24.0. The van der Waals surface area contributed by atoms with Crippen molar-refractivity contribution in [1.29, 1.82) is 0 Å². The normalized spacial score (nSPS) is 12.8. The third-order valence-corrected chi connectivity index (χ3v) is 7.98. The van der Waals surface area contributed by atoms with Crippen LogP contribution in [0.5, 0.6) is 0 Å². The van der Waals surface area contributed by atoms with Crippen LogP contribution in [-0.2, 0) is 21.4 Å². The Morgan fingerprint density at radius 3 is 2.08 bits per heavy atom. The van der Waals surface area contributed by atoms with Gasteiger partial charge in [0.05, 0.1) is 10.9 Å². The summed E-state index contributed by atoms with van der Waals surface area (Å²) in [6.45, 7) is 4.80. The first-order valence-corrected chi connectivity index (χ1v) is 13.2. The molecule has 3 aromatic carbocycles. The smallest absolute Gasteiger partial charge is 0.328 e. The average molecular weight is 529 g/mol. The third-order valence-electron chi connectivity index (χ3n) is 5.85. The van der Waals surface area contributed by atoms with Crippen LogP contribution in [0.4, 0.5) is 0 Å².